The van der Waals surface area contributed by atoms with Crippen molar-refractivity contribution in [3.8, 4) is 0 Å². The largest absolute Gasteiger partial charge is 0.774 e. The molecule has 318 valence electrons. The molecular weight excluding hydrogens is 783 g/mol. The third kappa shape index (κ3) is 16.0. The number of aliphatic hydroxyl groups excluding tert-OH is 1. The van der Waals surface area contributed by atoms with Crippen LogP contribution in [0.4, 0.5) is 14.7 Å². The van der Waals surface area contributed by atoms with E-state index in [1.807, 2.05) is 0 Å². The molecule has 25 heteroatoms. The Morgan fingerprint density at radius 2 is 1.35 bits per heavy atom. The molecule has 54 heavy (non-hydrogen) atoms. The lowest BCUT2D eigenvalue weighted by molar-refractivity contribution is -0.894. The first-order valence-electron chi connectivity index (χ1n) is 18.0. The van der Waals surface area contributed by atoms with Gasteiger partial charge in [0.05, 0.1) is 77.9 Å². The van der Waals surface area contributed by atoms with E-state index < -0.39 is 59.0 Å². The predicted octanol–water partition coefficient (Wildman–Crippen LogP) is -2.71. The van der Waals surface area contributed by atoms with Crippen LogP contribution in [0, 0.1) is 0 Å². The number of nitrogens with zero attached hydrogens (tertiary/aromatic N) is 3. The molecule has 0 radical (unpaired) electrons. The molecule has 8 N–H and O–H groups in total. The fraction of sp³-hybridized carbons (Fsp3) is 0.828. The van der Waals surface area contributed by atoms with Crippen LogP contribution in [0.1, 0.15) is 75.0 Å². The Hall–Kier alpha value is -1.74. The zero-order chi connectivity index (χ0) is 42.1. The fourth-order valence-corrected chi connectivity index (χ4v) is 8.49. The Labute approximate surface area is 315 Å². The summed E-state index contributed by atoms with van der Waals surface area (Å²) in [6.07, 6.45) is -3.16. The Kier molecular flexibility index (Phi) is 23.3. The van der Waals surface area contributed by atoms with E-state index in [1.165, 1.54) is 63.5 Å². The number of alkyl halides is 2. The van der Waals surface area contributed by atoms with E-state index in [2.05, 4.69) is 86.1 Å². The van der Waals surface area contributed by atoms with Crippen molar-refractivity contribution >= 4 is 40.1 Å². The van der Waals surface area contributed by atoms with Gasteiger partial charge in [-0.05, 0) is 62.3 Å². The summed E-state index contributed by atoms with van der Waals surface area (Å²) in [5.41, 5.74) is 4.60. The van der Waals surface area contributed by atoms with Crippen molar-refractivity contribution in [3.05, 3.63) is 16.7 Å². The number of rotatable bonds is 17. The smallest absolute Gasteiger partial charge is 0.368 e. The van der Waals surface area contributed by atoms with Gasteiger partial charge in [0.25, 0.3) is 13.4 Å². The number of nitrogen functional groups attached to an aromatic ring is 1. The Balaban J connectivity index is 0.00000109. The fourth-order valence-electron chi connectivity index (χ4n) is 4.96. The number of hydrogen-bond acceptors (Lipinski definition) is 14. The number of aromatic amines is 1. The lowest BCUT2D eigenvalue weighted by Crippen LogP contribution is -3.11. The maximum atomic E-state index is 13.3. The van der Waals surface area contributed by atoms with E-state index in [0.29, 0.717) is 0 Å². The molecule has 3 heterocycles. The molecule has 3 rings (SSSR count). The molecule has 0 aliphatic carbocycles. The van der Waals surface area contributed by atoms with E-state index in [1.54, 1.807) is 14.7 Å². The van der Waals surface area contributed by atoms with E-state index in [9.17, 15) is 47.1 Å². The van der Waals surface area contributed by atoms with Gasteiger partial charge in [-0.1, -0.05) is 0 Å². The van der Waals surface area contributed by atoms with Gasteiger partial charge in [0.15, 0.2) is 11.2 Å². The number of imidazole rings is 1. The quantitative estimate of drug-likeness (QED) is 0.0798. The molecule has 0 saturated carbocycles. The summed E-state index contributed by atoms with van der Waals surface area (Å²) >= 11 is 0. The molecule has 0 bridgehead atoms. The zero-order valence-corrected chi connectivity index (χ0v) is 35.3. The van der Waals surface area contributed by atoms with Gasteiger partial charge in [0.2, 0.25) is 21.1 Å². The first-order chi connectivity index (χ1) is 25.0. The highest BCUT2D eigenvalue weighted by Gasteiger charge is 2.54. The van der Waals surface area contributed by atoms with Crippen molar-refractivity contribution in [2.24, 2.45) is 0 Å². The van der Waals surface area contributed by atoms with Crippen LogP contribution in [0.25, 0.3) is 11.2 Å². The number of halogens is 2. The highest BCUT2D eigenvalue weighted by Crippen LogP contribution is 2.73. The first kappa shape index (κ1) is 52.3. The SMILES string of the molecule is CC[NH+](CC)CC.CC[NH+](CC)CC.CC[NH+](CC)CC.Nc1nc2c(ncn2[C@H]2C[C@H](O)[C@@H](COP(=O)([O-])OP(=O)([O-])C(F)(F)P(=O)([O-])O)O2)c(=O)[nH]1. The van der Waals surface area contributed by atoms with Gasteiger partial charge in [-0.2, -0.15) is 13.8 Å². The highest BCUT2D eigenvalue weighted by molar-refractivity contribution is 7.74. The van der Waals surface area contributed by atoms with Gasteiger partial charge in [-0.3, -0.25) is 23.2 Å². The average Bonchev–Trinajstić information content (AvgIpc) is 3.69. The number of ether oxygens (including phenoxy) is 1. The third-order valence-electron chi connectivity index (χ3n) is 8.74. The van der Waals surface area contributed by atoms with Crippen LogP contribution in [0.3, 0.4) is 0 Å². The zero-order valence-electron chi connectivity index (χ0n) is 32.6. The topological polar surface area (TPSA) is 291 Å². The molecule has 1 saturated heterocycles. The number of quaternary nitrogens is 3. The number of aliphatic hydroxyl groups is 1. The highest BCUT2D eigenvalue weighted by atomic mass is 31.3. The monoisotopic (exact) mass is 844 g/mol. The molecule has 1 aliphatic heterocycles. The van der Waals surface area contributed by atoms with Gasteiger partial charge < -0.3 is 63.5 Å². The minimum atomic E-state index is -7.08. The van der Waals surface area contributed by atoms with Crippen LogP contribution in [0.5, 0.6) is 0 Å². The summed E-state index contributed by atoms with van der Waals surface area (Å²) in [6, 6.07) is 0. The Morgan fingerprint density at radius 3 is 1.72 bits per heavy atom. The van der Waals surface area contributed by atoms with Crippen LogP contribution < -0.4 is 40.7 Å². The number of nitrogens with two attached hydrogens (primary N) is 1. The molecule has 20 nitrogen and oxygen atoms in total. The number of aromatic nitrogens is 4. The second-order valence-electron chi connectivity index (χ2n) is 12.0. The normalized spacial score (nSPS) is 20.6. The number of hydrogen-bond donors (Lipinski definition) is 7. The summed E-state index contributed by atoms with van der Waals surface area (Å²) in [4.78, 5) is 68.5. The van der Waals surface area contributed by atoms with Crippen molar-refractivity contribution < 1.29 is 75.4 Å². The van der Waals surface area contributed by atoms with Crippen LogP contribution >= 0.6 is 23.0 Å². The number of phosphoric ester groups is 1. The van der Waals surface area contributed by atoms with Gasteiger partial charge in [-0.15, -0.1) is 0 Å². The van der Waals surface area contributed by atoms with E-state index in [-0.39, 0.29) is 23.5 Å². The van der Waals surface area contributed by atoms with Crippen LogP contribution in [0.2, 0.25) is 0 Å². The number of H-pyrrole nitrogens is 1. The van der Waals surface area contributed by atoms with E-state index in [4.69, 9.17) is 15.4 Å². The number of anilines is 1. The third-order valence-corrected chi connectivity index (χ3v) is 13.7. The molecule has 0 spiro atoms. The van der Waals surface area contributed by atoms with E-state index in [0.717, 1.165) is 6.33 Å². The van der Waals surface area contributed by atoms with Gasteiger partial charge in [-0.25, -0.2) is 4.98 Å². The van der Waals surface area contributed by atoms with Crippen LogP contribution in [-0.4, -0.2) is 113 Å². The second-order valence-corrected chi connectivity index (χ2v) is 17.3. The maximum absolute atomic E-state index is 13.3. The number of nitrogens with one attached hydrogen (secondary N) is 4. The maximum Gasteiger partial charge on any atom is 0.368 e. The molecule has 0 aromatic carbocycles. The lowest BCUT2D eigenvalue weighted by atomic mass is 10.2. The minimum Gasteiger partial charge on any atom is -0.774 e. The van der Waals surface area contributed by atoms with Gasteiger partial charge >= 0.3 is 5.40 Å². The Morgan fingerprint density at radius 1 is 0.926 bits per heavy atom. The number of fused-ring (bicyclic) bond motifs is 1. The molecule has 2 aromatic heterocycles. The van der Waals surface area contributed by atoms with Crippen molar-refractivity contribution in [1.82, 2.24) is 19.5 Å². The van der Waals surface area contributed by atoms with Gasteiger partial charge in [0.1, 0.15) is 12.3 Å². The predicted molar refractivity (Wildman–Crippen MR) is 192 cm³/mol. The molecule has 1 fully saturated rings. The van der Waals surface area contributed by atoms with E-state index >= 15 is 0 Å². The molecule has 1 aliphatic rings. The van der Waals surface area contributed by atoms with Gasteiger partial charge in [0, 0.05) is 6.42 Å². The molecule has 3 unspecified atom stereocenters. The summed E-state index contributed by atoms with van der Waals surface area (Å²) in [5.74, 6) is -0.263. The standard InChI is InChI=1S/C11H16F2N5O12P3.3C6H15N/c12-11(13,31(21,22)23)32(24,25)30-33(26,27)28-2-5-4(19)1-6(29-5)18-3-15-7-8(18)16-10(14)17-9(7)20;3*1-4-7(5-2)6-3/h3-6,19H,1-2H2,(H,24,25)(H,26,27)(H2,21,22,23)(H3,14,16,17,20);3*4-6H2,1-3H3/t4-,5+,6+;;;/m0.../s1. The summed E-state index contributed by atoms with van der Waals surface area (Å²) in [6.45, 7) is 30.3. The average molecular weight is 845 g/mol. The minimum absolute atomic E-state index is 0.0478. The van der Waals surface area contributed by atoms with Crippen LogP contribution in [0.15, 0.2) is 11.1 Å². The first-order valence-corrected chi connectivity index (χ1v) is 22.5. The summed E-state index contributed by atoms with van der Waals surface area (Å²) < 4.78 is 73.9. The molecular formula is C29H61F2N8O12P3. The van der Waals surface area contributed by atoms with Crippen molar-refractivity contribution in [3.63, 3.8) is 0 Å². The second kappa shape index (κ2) is 24.1. The molecule has 2 aromatic rings. The van der Waals surface area contributed by atoms with Crippen molar-refractivity contribution in [2.45, 2.75) is 92.6 Å². The van der Waals surface area contributed by atoms with Crippen molar-refractivity contribution in [1.29, 1.82) is 0 Å². The summed E-state index contributed by atoms with van der Waals surface area (Å²) in [7, 11) is -20.1. The molecule has 0 amide bonds. The molecule has 6 atom stereocenters. The lowest BCUT2D eigenvalue weighted by Gasteiger charge is -2.39. The number of phosphoric acid groups is 1. The van der Waals surface area contributed by atoms with Crippen molar-refractivity contribution in [2.75, 3.05) is 71.2 Å². The summed E-state index contributed by atoms with van der Waals surface area (Å²) in [5, 5.41) is 4.11. The van der Waals surface area contributed by atoms with Crippen LogP contribution in [-0.2, 0) is 27.3 Å². The Bertz CT molecular complexity index is 1530.